The molecule has 0 bridgehead atoms. The molecule has 1 atom stereocenters. The monoisotopic (exact) mass is 320 g/mol. The molecule has 1 heterocycles. The second kappa shape index (κ2) is 6.33. The maximum atomic E-state index is 12.1. The SMILES string of the molecule is O=C(NC(CBr)c1ccccc1)c1cc[nH]c(=O)c1. The Morgan fingerprint density at radius 2 is 2.00 bits per heavy atom. The minimum Gasteiger partial charge on any atom is -0.344 e. The van der Waals surface area contributed by atoms with Crippen molar-refractivity contribution in [2.45, 2.75) is 6.04 Å². The van der Waals surface area contributed by atoms with Crippen LogP contribution in [-0.4, -0.2) is 16.2 Å². The maximum absolute atomic E-state index is 12.1. The lowest BCUT2D eigenvalue weighted by Gasteiger charge is -2.16. The van der Waals surface area contributed by atoms with E-state index >= 15 is 0 Å². The second-order valence-electron chi connectivity index (χ2n) is 4.03. The highest BCUT2D eigenvalue weighted by Crippen LogP contribution is 2.15. The Hall–Kier alpha value is -1.88. The van der Waals surface area contributed by atoms with E-state index in [1.54, 1.807) is 6.07 Å². The Balaban J connectivity index is 2.15. The number of hydrogen-bond acceptors (Lipinski definition) is 2. The van der Waals surface area contributed by atoms with Crippen molar-refractivity contribution in [2.75, 3.05) is 5.33 Å². The number of pyridine rings is 1. The molecule has 0 radical (unpaired) electrons. The zero-order valence-electron chi connectivity index (χ0n) is 10.1. The quantitative estimate of drug-likeness (QED) is 0.849. The molecule has 98 valence electrons. The largest absolute Gasteiger partial charge is 0.344 e. The highest BCUT2D eigenvalue weighted by molar-refractivity contribution is 9.09. The molecule has 0 spiro atoms. The fourth-order valence-corrected chi connectivity index (χ4v) is 2.26. The summed E-state index contributed by atoms with van der Waals surface area (Å²) in [4.78, 5) is 25.7. The molecule has 1 aromatic carbocycles. The Morgan fingerprint density at radius 3 is 2.63 bits per heavy atom. The number of hydrogen-bond donors (Lipinski definition) is 2. The number of aromatic nitrogens is 1. The van der Waals surface area contributed by atoms with Gasteiger partial charge in [-0.3, -0.25) is 9.59 Å². The van der Waals surface area contributed by atoms with Crippen molar-refractivity contribution in [2.24, 2.45) is 0 Å². The summed E-state index contributed by atoms with van der Waals surface area (Å²) in [5.74, 6) is -0.264. The van der Waals surface area contributed by atoms with Crippen molar-refractivity contribution < 1.29 is 4.79 Å². The molecule has 1 amide bonds. The van der Waals surface area contributed by atoms with E-state index in [9.17, 15) is 9.59 Å². The molecule has 0 aliphatic heterocycles. The van der Waals surface area contributed by atoms with Gasteiger partial charge in [-0.15, -0.1) is 0 Å². The van der Waals surface area contributed by atoms with Crippen LogP contribution >= 0.6 is 15.9 Å². The predicted octanol–water partition coefficient (Wildman–Crippen LogP) is 2.24. The summed E-state index contributed by atoms with van der Waals surface area (Å²) in [5, 5.41) is 3.49. The summed E-state index contributed by atoms with van der Waals surface area (Å²) < 4.78 is 0. The summed E-state index contributed by atoms with van der Waals surface area (Å²) in [6.45, 7) is 0. The average Bonchev–Trinajstić information content (AvgIpc) is 2.45. The van der Waals surface area contributed by atoms with Crippen molar-refractivity contribution in [3.05, 3.63) is 70.1 Å². The van der Waals surface area contributed by atoms with Gasteiger partial charge in [0.1, 0.15) is 0 Å². The van der Waals surface area contributed by atoms with Gasteiger partial charge in [0.05, 0.1) is 6.04 Å². The first kappa shape index (κ1) is 13.5. The number of aromatic amines is 1. The zero-order valence-corrected chi connectivity index (χ0v) is 11.7. The van der Waals surface area contributed by atoms with Gasteiger partial charge in [-0.2, -0.15) is 0 Å². The highest BCUT2D eigenvalue weighted by atomic mass is 79.9. The lowest BCUT2D eigenvalue weighted by molar-refractivity contribution is 0.0940. The zero-order chi connectivity index (χ0) is 13.7. The van der Waals surface area contributed by atoms with Gasteiger partial charge in [-0.25, -0.2) is 0 Å². The van der Waals surface area contributed by atoms with Gasteiger partial charge in [0.2, 0.25) is 5.56 Å². The predicted molar refractivity (Wildman–Crippen MR) is 77.5 cm³/mol. The van der Waals surface area contributed by atoms with E-state index in [2.05, 4.69) is 26.2 Å². The first-order valence-corrected chi connectivity index (χ1v) is 6.93. The summed E-state index contributed by atoms with van der Waals surface area (Å²) in [7, 11) is 0. The van der Waals surface area contributed by atoms with Crippen LogP contribution in [0.15, 0.2) is 53.5 Å². The van der Waals surface area contributed by atoms with Crippen LogP contribution in [0.2, 0.25) is 0 Å². The number of alkyl halides is 1. The Labute approximate surface area is 119 Å². The molecule has 0 saturated heterocycles. The average molecular weight is 321 g/mol. The molecule has 1 aromatic heterocycles. The lowest BCUT2D eigenvalue weighted by atomic mass is 10.1. The fraction of sp³-hybridized carbons (Fsp3) is 0.143. The number of rotatable bonds is 4. The van der Waals surface area contributed by atoms with Gasteiger partial charge in [-0.1, -0.05) is 46.3 Å². The van der Waals surface area contributed by atoms with Crippen molar-refractivity contribution in [1.29, 1.82) is 0 Å². The van der Waals surface area contributed by atoms with Crippen LogP contribution in [0.3, 0.4) is 0 Å². The van der Waals surface area contributed by atoms with Crippen molar-refractivity contribution >= 4 is 21.8 Å². The summed E-state index contributed by atoms with van der Waals surface area (Å²) in [6.07, 6.45) is 1.46. The van der Waals surface area contributed by atoms with E-state index < -0.39 is 0 Å². The highest BCUT2D eigenvalue weighted by Gasteiger charge is 2.14. The van der Waals surface area contributed by atoms with Crippen LogP contribution in [0, 0.1) is 0 Å². The third-order valence-corrected chi connectivity index (χ3v) is 3.35. The molecule has 4 nitrogen and oxygen atoms in total. The maximum Gasteiger partial charge on any atom is 0.252 e. The molecule has 0 aliphatic carbocycles. The first-order chi connectivity index (χ1) is 9.20. The number of carbonyl (C=O) groups excluding carboxylic acids is 1. The third kappa shape index (κ3) is 3.54. The summed E-state index contributed by atoms with van der Waals surface area (Å²) >= 11 is 3.39. The van der Waals surface area contributed by atoms with E-state index in [1.165, 1.54) is 12.3 Å². The van der Waals surface area contributed by atoms with Gasteiger partial charge in [0.25, 0.3) is 5.91 Å². The van der Waals surface area contributed by atoms with Crippen LogP contribution in [0.4, 0.5) is 0 Å². The van der Waals surface area contributed by atoms with Crippen molar-refractivity contribution in [3.63, 3.8) is 0 Å². The molecule has 0 fully saturated rings. The minimum atomic E-state index is -0.289. The van der Waals surface area contributed by atoms with Crippen molar-refractivity contribution in [1.82, 2.24) is 10.3 Å². The first-order valence-electron chi connectivity index (χ1n) is 5.81. The van der Waals surface area contributed by atoms with Crippen LogP contribution < -0.4 is 10.9 Å². The number of halogens is 1. The van der Waals surface area contributed by atoms with Crippen LogP contribution in [-0.2, 0) is 0 Å². The summed E-state index contributed by atoms with van der Waals surface area (Å²) in [6, 6.07) is 12.4. The Morgan fingerprint density at radius 1 is 1.26 bits per heavy atom. The number of amides is 1. The molecule has 0 saturated carbocycles. The molecule has 0 aliphatic rings. The fourth-order valence-electron chi connectivity index (χ4n) is 1.72. The van der Waals surface area contributed by atoms with E-state index in [1.807, 2.05) is 30.3 Å². The number of benzene rings is 1. The van der Waals surface area contributed by atoms with Crippen molar-refractivity contribution in [3.8, 4) is 0 Å². The van der Waals surface area contributed by atoms with Gasteiger partial charge >= 0.3 is 0 Å². The molecular weight excluding hydrogens is 308 g/mol. The van der Waals surface area contributed by atoms with E-state index in [4.69, 9.17) is 0 Å². The standard InChI is InChI=1S/C14H13BrN2O2/c15-9-12(10-4-2-1-3-5-10)17-14(19)11-6-7-16-13(18)8-11/h1-8,12H,9H2,(H,16,18)(H,17,19). The Bertz CT molecular complexity index is 610. The van der Waals surface area contributed by atoms with Crippen LogP contribution in [0.1, 0.15) is 22.0 Å². The van der Waals surface area contributed by atoms with Gasteiger partial charge in [0, 0.05) is 23.2 Å². The number of carbonyl (C=O) groups is 1. The molecule has 5 heteroatoms. The number of nitrogens with one attached hydrogen (secondary N) is 2. The smallest absolute Gasteiger partial charge is 0.252 e. The third-order valence-electron chi connectivity index (χ3n) is 2.70. The lowest BCUT2D eigenvalue weighted by Crippen LogP contribution is -2.30. The molecule has 2 aromatic rings. The number of H-pyrrole nitrogens is 1. The van der Waals surface area contributed by atoms with E-state index in [-0.39, 0.29) is 17.5 Å². The van der Waals surface area contributed by atoms with Gasteiger partial charge in [-0.05, 0) is 11.6 Å². The van der Waals surface area contributed by atoms with E-state index in [0.717, 1.165) is 5.56 Å². The van der Waals surface area contributed by atoms with E-state index in [0.29, 0.717) is 10.9 Å². The molecule has 1 unspecified atom stereocenters. The second-order valence-corrected chi connectivity index (χ2v) is 4.68. The van der Waals surface area contributed by atoms with Crippen LogP contribution in [0.25, 0.3) is 0 Å². The Kier molecular flexibility index (Phi) is 4.52. The summed E-state index contributed by atoms with van der Waals surface area (Å²) in [5.41, 5.74) is 1.07. The molecular formula is C14H13BrN2O2. The normalized spacial score (nSPS) is 11.8. The molecule has 19 heavy (non-hydrogen) atoms. The van der Waals surface area contributed by atoms with Crippen LogP contribution in [0.5, 0.6) is 0 Å². The topological polar surface area (TPSA) is 62.0 Å². The molecule has 2 rings (SSSR count). The van der Waals surface area contributed by atoms with Gasteiger partial charge < -0.3 is 10.3 Å². The minimum absolute atomic E-state index is 0.131. The molecule has 2 N–H and O–H groups in total. The van der Waals surface area contributed by atoms with Gasteiger partial charge in [0.15, 0.2) is 0 Å².